The number of hydrogen-bond donors (Lipinski definition) is 1. The van der Waals surface area contributed by atoms with Gasteiger partial charge in [-0.3, -0.25) is 0 Å². The van der Waals surface area contributed by atoms with Crippen LogP contribution in [0.3, 0.4) is 0 Å². The van der Waals surface area contributed by atoms with E-state index in [1.54, 1.807) is 0 Å². The van der Waals surface area contributed by atoms with E-state index in [2.05, 4.69) is 4.72 Å². The topological polar surface area (TPSA) is 46.2 Å². The lowest BCUT2D eigenvalue weighted by Crippen LogP contribution is -2.23. The molecular weight excluding hydrogens is 325 g/mol. The predicted molar refractivity (Wildman–Crippen MR) is 92.3 cm³/mol. The summed E-state index contributed by atoms with van der Waals surface area (Å²) < 4.78 is 40.4. The van der Waals surface area contributed by atoms with Gasteiger partial charge in [0.05, 0.1) is 4.90 Å². The van der Waals surface area contributed by atoms with Crippen molar-refractivity contribution in [3.05, 3.63) is 90.2 Å². The van der Waals surface area contributed by atoms with Gasteiger partial charge in [-0.05, 0) is 34.9 Å². The molecule has 122 valence electrons. The minimum atomic E-state index is -3.77. The SMILES string of the molecule is O=S(=O)(NCc1ccccc1-c1ccccc1)c1cccc(F)c1. The molecule has 0 saturated heterocycles. The first-order chi connectivity index (χ1) is 11.6. The Morgan fingerprint density at radius 3 is 2.29 bits per heavy atom. The van der Waals surface area contributed by atoms with Gasteiger partial charge in [-0.1, -0.05) is 60.7 Å². The van der Waals surface area contributed by atoms with Gasteiger partial charge >= 0.3 is 0 Å². The molecule has 0 aromatic heterocycles. The molecule has 0 amide bonds. The summed E-state index contributed by atoms with van der Waals surface area (Å²) in [5, 5.41) is 0. The van der Waals surface area contributed by atoms with Crippen LogP contribution in [0.2, 0.25) is 0 Å². The van der Waals surface area contributed by atoms with Gasteiger partial charge in [-0.2, -0.15) is 0 Å². The number of halogens is 1. The maximum absolute atomic E-state index is 13.3. The Labute approximate surface area is 140 Å². The molecule has 3 nitrogen and oxygen atoms in total. The molecule has 3 aromatic carbocycles. The molecule has 24 heavy (non-hydrogen) atoms. The minimum Gasteiger partial charge on any atom is -0.207 e. The number of nitrogens with one attached hydrogen (secondary N) is 1. The van der Waals surface area contributed by atoms with Gasteiger partial charge in [0.2, 0.25) is 10.0 Å². The van der Waals surface area contributed by atoms with E-state index >= 15 is 0 Å². The van der Waals surface area contributed by atoms with Crippen LogP contribution in [0.4, 0.5) is 4.39 Å². The van der Waals surface area contributed by atoms with Gasteiger partial charge in [0.15, 0.2) is 0 Å². The first-order valence-corrected chi connectivity index (χ1v) is 8.93. The summed E-state index contributed by atoms with van der Waals surface area (Å²) in [4.78, 5) is -0.0836. The number of hydrogen-bond acceptors (Lipinski definition) is 2. The Morgan fingerprint density at radius 2 is 1.54 bits per heavy atom. The second-order valence-electron chi connectivity index (χ2n) is 5.31. The van der Waals surface area contributed by atoms with Crippen LogP contribution in [0, 0.1) is 5.82 Å². The fraction of sp³-hybridized carbons (Fsp3) is 0.0526. The maximum atomic E-state index is 13.3. The van der Waals surface area contributed by atoms with Gasteiger partial charge in [-0.15, -0.1) is 0 Å². The van der Waals surface area contributed by atoms with Crippen molar-refractivity contribution in [2.24, 2.45) is 0 Å². The van der Waals surface area contributed by atoms with Gasteiger partial charge in [0, 0.05) is 6.54 Å². The smallest absolute Gasteiger partial charge is 0.207 e. The summed E-state index contributed by atoms with van der Waals surface area (Å²) in [6, 6.07) is 22.3. The van der Waals surface area contributed by atoms with E-state index in [4.69, 9.17) is 0 Å². The fourth-order valence-electron chi connectivity index (χ4n) is 2.46. The van der Waals surface area contributed by atoms with Gasteiger partial charge in [-0.25, -0.2) is 17.5 Å². The highest BCUT2D eigenvalue weighted by atomic mass is 32.2. The first kappa shape index (κ1) is 16.4. The van der Waals surface area contributed by atoms with E-state index in [0.29, 0.717) is 0 Å². The lowest BCUT2D eigenvalue weighted by molar-refractivity contribution is 0.577. The molecule has 0 aliphatic heterocycles. The fourth-order valence-corrected chi connectivity index (χ4v) is 3.50. The lowest BCUT2D eigenvalue weighted by Gasteiger charge is -2.11. The van der Waals surface area contributed by atoms with Crippen LogP contribution in [-0.4, -0.2) is 8.42 Å². The monoisotopic (exact) mass is 341 g/mol. The zero-order valence-corrected chi connectivity index (χ0v) is 13.6. The van der Waals surface area contributed by atoms with Crippen molar-refractivity contribution in [3.63, 3.8) is 0 Å². The molecule has 0 fully saturated rings. The summed E-state index contributed by atoms with van der Waals surface area (Å²) in [6.45, 7) is 0.129. The summed E-state index contributed by atoms with van der Waals surface area (Å²) in [6.07, 6.45) is 0. The largest absolute Gasteiger partial charge is 0.240 e. The quantitative estimate of drug-likeness (QED) is 0.763. The van der Waals surface area contributed by atoms with Crippen molar-refractivity contribution < 1.29 is 12.8 Å². The Balaban J connectivity index is 1.85. The third-order valence-electron chi connectivity index (χ3n) is 3.66. The average molecular weight is 341 g/mol. The van der Waals surface area contributed by atoms with Gasteiger partial charge < -0.3 is 0 Å². The van der Waals surface area contributed by atoms with Gasteiger partial charge in [0.25, 0.3) is 0 Å². The summed E-state index contributed by atoms with van der Waals surface area (Å²) in [5.41, 5.74) is 2.82. The summed E-state index contributed by atoms with van der Waals surface area (Å²) in [7, 11) is -3.77. The molecule has 0 aliphatic carbocycles. The molecule has 0 aliphatic rings. The maximum Gasteiger partial charge on any atom is 0.240 e. The van der Waals surface area contributed by atoms with E-state index in [1.165, 1.54) is 18.2 Å². The van der Waals surface area contributed by atoms with E-state index in [1.807, 2.05) is 54.6 Å². The van der Waals surface area contributed by atoms with E-state index in [-0.39, 0.29) is 11.4 Å². The molecular formula is C19H16FNO2S. The average Bonchev–Trinajstić information content (AvgIpc) is 2.61. The zero-order valence-electron chi connectivity index (χ0n) is 12.8. The zero-order chi connectivity index (χ0) is 17.0. The highest BCUT2D eigenvalue weighted by Gasteiger charge is 2.15. The standard InChI is InChI=1S/C19H16FNO2S/c20-17-10-6-11-18(13-17)24(22,23)21-14-16-9-4-5-12-19(16)15-7-2-1-3-8-15/h1-13,21H,14H2. The normalized spacial score (nSPS) is 11.4. The molecule has 5 heteroatoms. The molecule has 0 atom stereocenters. The van der Waals surface area contributed by atoms with E-state index in [0.717, 1.165) is 22.8 Å². The van der Waals surface area contributed by atoms with Crippen LogP contribution < -0.4 is 4.72 Å². The molecule has 0 unspecified atom stereocenters. The molecule has 3 aromatic rings. The predicted octanol–water partition coefficient (Wildman–Crippen LogP) is 3.97. The van der Waals surface area contributed by atoms with Crippen LogP contribution in [0.1, 0.15) is 5.56 Å². The molecule has 0 spiro atoms. The highest BCUT2D eigenvalue weighted by molar-refractivity contribution is 7.89. The third-order valence-corrected chi connectivity index (χ3v) is 5.06. The molecule has 0 heterocycles. The van der Waals surface area contributed by atoms with Crippen LogP contribution >= 0.6 is 0 Å². The van der Waals surface area contributed by atoms with Crippen molar-refractivity contribution in [2.75, 3.05) is 0 Å². The van der Waals surface area contributed by atoms with Crippen LogP contribution in [-0.2, 0) is 16.6 Å². The van der Waals surface area contributed by atoms with Crippen LogP contribution in [0.15, 0.2) is 83.8 Å². The van der Waals surface area contributed by atoms with Crippen molar-refractivity contribution in [1.29, 1.82) is 0 Å². The Morgan fingerprint density at radius 1 is 0.833 bits per heavy atom. The third kappa shape index (κ3) is 3.69. The highest BCUT2D eigenvalue weighted by Crippen LogP contribution is 2.23. The molecule has 0 radical (unpaired) electrons. The van der Waals surface area contributed by atoms with Crippen LogP contribution in [0.5, 0.6) is 0 Å². The minimum absolute atomic E-state index is 0.0836. The molecule has 3 rings (SSSR count). The Kier molecular flexibility index (Phi) is 4.74. The second-order valence-corrected chi connectivity index (χ2v) is 7.07. The molecule has 0 bridgehead atoms. The van der Waals surface area contributed by atoms with E-state index in [9.17, 15) is 12.8 Å². The number of rotatable bonds is 5. The van der Waals surface area contributed by atoms with Crippen molar-refractivity contribution >= 4 is 10.0 Å². The number of benzene rings is 3. The Bertz CT molecular complexity index is 940. The van der Waals surface area contributed by atoms with E-state index < -0.39 is 15.8 Å². The molecule has 1 N–H and O–H groups in total. The van der Waals surface area contributed by atoms with Crippen molar-refractivity contribution in [1.82, 2.24) is 4.72 Å². The van der Waals surface area contributed by atoms with Crippen molar-refractivity contribution in [3.8, 4) is 11.1 Å². The first-order valence-electron chi connectivity index (χ1n) is 7.45. The summed E-state index contributed by atoms with van der Waals surface area (Å²) in [5.74, 6) is -0.581. The van der Waals surface area contributed by atoms with Crippen molar-refractivity contribution in [2.45, 2.75) is 11.4 Å². The number of sulfonamides is 1. The molecule has 0 saturated carbocycles. The van der Waals surface area contributed by atoms with Crippen LogP contribution in [0.25, 0.3) is 11.1 Å². The second kappa shape index (κ2) is 6.95. The lowest BCUT2D eigenvalue weighted by atomic mass is 10.00. The Hall–Kier alpha value is -2.50. The summed E-state index contributed by atoms with van der Waals surface area (Å²) >= 11 is 0. The van der Waals surface area contributed by atoms with Gasteiger partial charge in [0.1, 0.15) is 5.82 Å².